The summed E-state index contributed by atoms with van der Waals surface area (Å²) in [6, 6.07) is 9.06. The molecule has 0 aromatic heterocycles. The first kappa shape index (κ1) is 21.2. The molecule has 0 aliphatic heterocycles. The van der Waals surface area contributed by atoms with Gasteiger partial charge in [0.05, 0.1) is 38.3 Å². The molecule has 0 aliphatic rings. The van der Waals surface area contributed by atoms with Crippen molar-refractivity contribution in [1.82, 2.24) is 0 Å². The van der Waals surface area contributed by atoms with Gasteiger partial charge in [-0.3, -0.25) is 4.79 Å². The van der Waals surface area contributed by atoms with Crippen molar-refractivity contribution in [3.63, 3.8) is 0 Å². The Morgan fingerprint density at radius 3 is 2.32 bits per heavy atom. The fraction of sp³-hybridized carbons (Fsp3) is 0.318. The van der Waals surface area contributed by atoms with Gasteiger partial charge < -0.3 is 24.8 Å². The van der Waals surface area contributed by atoms with Gasteiger partial charge in [0.15, 0.2) is 17.3 Å². The third-order valence-electron chi connectivity index (χ3n) is 4.48. The number of ketones is 1. The Kier molecular flexibility index (Phi) is 6.93. The van der Waals surface area contributed by atoms with Crippen molar-refractivity contribution in [2.75, 3.05) is 46.1 Å². The van der Waals surface area contributed by atoms with Gasteiger partial charge in [0, 0.05) is 25.7 Å². The van der Waals surface area contributed by atoms with Crippen LogP contribution in [-0.4, -0.2) is 41.2 Å². The molecule has 0 radical (unpaired) electrons. The van der Waals surface area contributed by atoms with Crippen molar-refractivity contribution in [1.29, 1.82) is 0 Å². The van der Waals surface area contributed by atoms with Crippen LogP contribution in [-0.2, 0) is 0 Å². The lowest BCUT2D eigenvalue weighted by atomic mass is 9.97. The van der Waals surface area contributed by atoms with Crippen molar-refractivity contribution in [2.24, 2.45) is 0 Å². The van der Waals surface area contributed by atoms with Gasteiger partial charge in [-0.2, -0.15) is 0 Å². The second-order valence-electron chi connectivity index (χ2n) is 6.48. The molecule has 28 heavy (non-hydrogen) atoms. The van der Waals surface area contributed by atoms with Crippen molar-refractivity contribution in [3.05, 3.63) is 47.0 Å². The van der Waals surface area contributed by atoms with E-state index in [1.54, 1.807) is 19.2 Å². The zero-order valence-electron chi connectivity index (χ0n) is 17.3. The van der Waals surface area contributed by atoms with Crippen LogP contribution in [0.25, 0.3) is 6.08 Å². The van der Waals surface area contributed by atoms with Gasteiger partial charge in [-0.1, -0.05) is 13.0 Å². The number of nitrogen functional groups attached to an aromatic ring is 1. The fourth-order valence-electron chi connectivity index (χ4n) is 2.97. The molecule has 6 heteroatoms. The van der Waals surface area contributed by atoms with Crippen molar-refractivity contribution < 1.29 is 19.0 Å². The van der Waals surface area contributed by atoms with Gasteiger partial charge in [0.1, 0.15) is 5.75 Å². The molecule has 150 valence electrons. The number of anilines is 2. The monoisotopic (exact) mass is 384 g/mol. The quantitative estimate of drug-likeness (QED) is 0.421. The van der Waals surface area contributed by atoms with Crippen LogP contribution in [0, 0.1) is 0 Å². The predicted molar refractivity (Wildman–Crippen MR) is 114 cm³/mol. The van der Waals surface area contributed by atoms with Gasteiger partial charge in [-0.25, -0.2) is 0 Å². The minimum Gasteiger partial charge on any atom is -0.497 e. The lowest BCUT2D eigenvalue weighted by Gasteiger charge is -2.16. The lowest BCUT2D eigenvalue weighted by molar-refractivity contribution is 0.102. The number of methoxy groups -OCH3 is 3. The molecule has 0 aliphatic carbocycles. The first-order valence-corrected chi connectivity index (χ1v) is 8.98. The number of nitrogens with zero attached hydrogens (tertiary/aromatic N) is 1. The summed E-state index contributed by atoms with van der Waals surface area (Å²) in [6.45, 7) is 1.94. The summed E-state index contributed by atoms with van der Waals surface area (Å²) in [5.74, 6) is 1.22. The molecular weight excluding hydrogens is 356 g/mol. The van der Waals surface area contributed by atoms with E-state index in [2.05, 4.69) is 0 Å². The zero-order valence-corrected chi connectivity index (χ0v) is 17.3. The Balaban J connectivity index is 2.55. The Morgan fingerprint density at radius 2 is 1.79 bits per heavy atom. The average molecular weight is 384 g/mol. The van der Waals surface area contributed by atoms with E-state index in [9.17, 15) is 4.79 Å². The highest BCUT2D eigenvalue weighted by Gasteiger charge is 2.21. The summed E-state index contributed by atoms with van der Waals surface area (Å²) in [5, 5.41) is 0. The number of benzene rings is 2. The molecule has 2 aromatic carbocycles. The van der Waals surface area contributed by atoms with E-state index in [0.717, 1.165) is 11.3 Å². The van der Waals surface area contributed by atoms with E-state index in [-0.39, 0.29) is 5.78 Å². The van der Waals surface area contributed by atoms with Gasteiger partial charge in [0.2, 0.25) is 0 Å². The normalized spacial score (nSPS) is 11.1. The number of carbonyl (C=O) groups is 1. The molecule has 2 N–H and O–H groups in total. The summed E-state index contributed by atoms with van der Waals surface area (Å²) >= 11 is 0. The summed E-state index contributed by atoms with van der Waals surface area (Å²) in [4.78, 5) is 15.2. The van der Waals surface area contributed by atoms with Gasteiger partial charge >= 0.3 is 0 Å². The van der Waals surface area contributed by atoms with E-state index in [1.807, 2.05) is 50.2 Å². The van der Waals surface area contributed by atoms with Crippen LogP contribution in [0.5, 0.6) is 17.2 Å². The largest absolute Gasteiger partial charge is 0.497 e. The van der Waals surface area contributed by atoms with Crippen LogP contribution in [0.2, 0.25) is 0 Å². The number of Topliss-reactive ketones (excluding diaryl/α,β-unsaturated/α-hetero) is 1. The standard InChI is InChI=1S/C22H28N2O4/c1-7-15(10-14-8-9-18(23)19(11-14)24(2)3)21(25)17-12-16(26-4)13-20(27-5)22(17)28-6/h8-13H,7,23H2,1-6H3. The summed E-state index contributed by atoms with van der Waals surface area (Å²) in [6.07, 6.45) is 2.43. The number of carbonyl (C=O) groups excluding carboxylic acids is 1. The maximum absolute atomic E-state index is 13.3. The van der Waals surface area contributed by atoms with Crippen molar-refractivity contribution in [3.8, 4) is 17.2 Å². The number of allylic oxidation sites excluding steroid dienone is 1. The zero-order chi connectivity index (χ0) is 20.8. The van der Waals surface area contributed by atoms with Gasteiger partial charge in [0.25, 0.3) is 0 Å². The van der Waals surface area contributed by atoms with Crippen molar-refractivity contribution in [2.45, 2.75) is 13.3 Å². The van der Waals surface area contributed by atoms with Gasteiger partial charge in [-0.15, -0.1) is 0 Å². The predicted octanol–water partition coefficient (Wildman–Crippen LogP) is 4.04. The topological polar surface area (TPSA) is 74.0 Å². The number of nitrogens with two attached hydrogens (primary N) is 1. The molecular formula is C22H28N2O4. The molecule has 0 unspecified atom stereocenters. The van der Waals surface area contributed by atoms with E-state index in [4.69, 9.17) is 19.9 Å². The van der Waals surface area contributed by atoms with Gasteiger partial charge in [-0.05, 0) is 36.3 Å². The Labute approximate surface area is 166 Å². The number of ether oxygens (including phenoxy) is 3. The first-order valence-electron chi connectivity index (χ1n) is 8.98. The number of hydrogen-bond acceptors (Lipinski definition) is 6. The maximum atomic E-state index is 13.3. The van der Waals surface area contributed by atoms with Crippen LogP contribution in [0.3, 0.4) is 0 Å². The molecule has 2 aromatic rings. The Hall–Kier alpha value is -3.15. The van der Waals surface area contributed by atoms with Crippen LogP contribution in [0.1, 0.15) is 29.3 Å². The van der Waals surface area contributed by atoms with Crippen LogP contribution in [0.15, 0.2) is 35.9 Å². The summed E-state index contributed by atoms with van der Waals surface area (Å²) in [7, 11) is 8.44. The van der Waals surface area contributed by atoms with Crippen LogP contribution >= 0.6 is 0 Å². The highest BCUT2D eigenvalue weighted by Crippen LogP contribution is 2.37. The maximum Gasteiger partial charge on any atom is 0.193 e. The Morgan fingerprint density at radius 1 is 1.07 bits per heavy atom. The van der Waals surface area contributed by atoms with E-state index >= 15 is 0 Å². The molecule has 0 bridgehead atoms. The summed E-state index contributed by atoms with van der Waals surface area (Å²) in [5.41, 5.74) is 9.56. The average Bonchev–Trinajstić information content (AvgIpc) is 2.71. The molecule has 0 fully saturated rings. The van der Waals surface area contributed by atoms with Crippen LogP contribution < -0.4 is 24.8 Å². The summed E-state index contributed by atoms with van der Waals surface area (Å²) < 4.78 is 16.1. The van der Waals surface area contributed by atoms with Crippen molar-refractivity contribution >= 4 is 23.2 Å². The molecule has 6 nitrogen and oxygen atoms in total. The SMILES string of the molecule is CCC(=Cc1ccc(N)c(N(C)C)c1)C(=O)c1cc(OC)cc(OC)c1OC. The fourth-order valence-corrected chi connectivity index (χ4v) is 2.97. The van der Waals surface area contributed by atoms with E-state index in [0.29, 0.717) is 40.5 Å². The highest BCUT2D eigenvalue weighted by molar-refractivity contribution is 6.13. The third kappa shape index (κ3) is 4.39. The lowest BCUT2D eigenvalue weighted by Crippen LogP contribution is -2.11. The second-order valence-corrected chi connectivity index (χ2v) is 6.48. The van der Waals surface area contributed by atoms with E-state index < -0.39 is 0 Å². The minimum absolute atomic E-state index is 0.139. The molecule has 0 saturated carbocycles. The van der Waals surface area contributed by atoms with E-state index in [1.165, 1.54) is 14.2 Å². The molecule has 0 spiro atoms. The molecule has 0 amide bonds. The smallest absolute Gasteiger partial charge is 0.193 e. The number of hydrogen-bond donors (Lipinski definition) is 1. The third-order valence-corrected chi connectivity index (χ3v) is 4.48. The molecule has 0 atom stereocenters. The molecule has 0 saturated heterocycles. The second kappa shape index (κ2) is 9.17. The first-order chi connectivity index (χ1) is 13.4. The minimum atomic E-state index is -0.139. The highest BCUT2D eigenvalue weighted by atomic mass is 16.5. The number of rotatable bonds is 8. The molecule has 2 rings (SSSR count). The Bertz CT molecular complexity index is 888. The van der Waals surface area contributed by atoms with Crippen LogP contribution in [0.4, 0.5) is 11.4 Å². The molecule has 0 heterocycles.